The summed E-state index contributed by atoms with van der Waals surface area (Å²) in [5.74, 6) is -3.05. The van der Waals surface area contributed by atoms with Crippen molar-refractivity contribution in [2.75, 3.05) is 5.32 Å². The average molecular weight is 295 g/mol. The summed E-state index contributed by atoms with van der Waals surface area (Å²) in [5.41, 5.74) is 0.621. The van der Waals surface area contributed by atoms with Crippen molar-refractivity contribution < 1.29 is 18.7 Å². The number of para-hydroxylation sites is 1. The second-order valence-corrected chi connectivity index (χ2v) is 4.94. The van der Waals surface area contributed by atoms with Crippen LogP contribution in [0.25, 0.3) is 0 Å². The van der Waals surface area contributed by atoms with E-state index in [-0.39, 0.29) is 11.3 Å². The lowest BCUT2D eigenvalue weighted by atomic mass is 10.2. The summed E-state index contributed by atoms with van der Waals surface area (Å²) in [4.78, 5) is 12.3. The Balaban J connectivity index is 2.07. The molecule has 0 aliphatic rings. The van der Waals surface area contributed by atoms with Crippen molar-refractivity contribution in [2.24, 2.45) is 0 Å². The minimum Gasteiger partial charge on any atom is -0.507 e. The predicted molar refractivity (Wildman–Crippen MR) is 74.4 cm³/mol. The van der Waals surface area contributed by atoms with Gasteiger partial charge in [0.05, 0.1) is 5.56 Å². The van der Waals surface area contributed by atoms with E-state index in [1.54, 1.807) is 12.1 Å². The number of hydrogen-bond donors (Lipinski definition) is 2. The number of amides is 1. The zero-order valence-corrected chi connectivity index (χ0v) is 11.0. The van der Waals surface area contributed by atoms with Crippen molar-refractivity contribution in [2.45, 2.75) is 10.7 Å². The van der Waals surface area contributed by atoms with Gasteiger partial charge < -0.3 is 10.4 Å². The van der Waals surface area contributed by atoms with Crippen LogP contribution in [0.2, 0.25) is 0 Å². The molecule has 0 bridgehead atoms. The van der Waals surface area contributed by atoms with Gasteiger partial charge in [0.25, 0.3) is 11.7 Å². The molecule has 0 unspecified atom stereocenters. The van der Waals surface area contributed by atoms with Crippen LogP contribution in [0.15, 0.2) is 53.4 Å². The summed E-state index contributed by atoms with van der Waals surface area (Å²) in [6.07, 6.45) is 0. The quantitative estimate of drug-likeness (QED) is 0.839. The van der Waals surface area contributed by atoms with E-state index in [1.807, 2.05) is 0 Å². The van der Waals surface area contributed by atoms with Gasteiger partial charge in [-0.3, -0.25) is 4.79 Å². The standard InChI is InChI=1S/C14H11F2NO2S/c15-14(16)20-10-7-5-9(6-8-10)17-13(19)11-3-1-2-4-12(11)18/h1-8,14,18H,(H,17,19). The highest BCUT2D eigenvalue weighted by Crippen LogP contribution is 2.26. The topological polar surface area (TPSA) is 49.3 Å². The summed E-state index contributed by atoms with van der Waals surface area (Å²) in [6.45, 7) is 0. The van der Waals surface area contributed by atoms with E-state index in [9.17, 15) is 18.7 Å². The zero-order chi connectivity index (χ0) is 14.5. The minimum absolute atomic E-state index is 0.116. The van der Waals surface area contributed by atoms with Gasteiger partial charge in [-0.2, -0.15) is 8.78 Å². The van der Waals surface area contributed by atoms with E-state index in [2.05, 4.69) is 5.32 Å². The summed E-state index contributed by atoms with van der Waals surface area (Å²) >= 11 is 0.439. The Morgan fingerprint density at radius 2 is 1.75 bits per heavy atom. The number of phenolic OH excluding ortho intramolecular Hbond substituents is 1. The maximum Gasteiger partial charge on any atom is 0.288 e. The van der Waals surface area contributed by atoms with Gasteiger partial charge >= 0.3 is 0 Å². The molecule has 2 N–H and O–H groups in total. The molecule has 0 aliphatic carbocycles. The first-order valence-electron chi connectivity index (χ1n) is 5.70. The molecule has 3 nitrogen and oxygen atoms in total. The number of rotatable bonds is 4. The Hall–Kier alpha value is -2.08. The molecule has 0 aliphatic heterocycles. The Kier molecular flexibility index (Phi) is 4.57. The molecule has 20 heavy (non-hydrogen) atoms. The van der Waals surface area contributed by atoms with E-state index in [0.29, 0.717) is 22.3 Å². The molecule has 0 aromatic heterocycles. The van der Waals surface area contributed by atoms with E-state index >= 15 is 0 Å². The maximum absolute atomic E-state index is 12.2. The van der Waals surface area contributed by atoms with Crippen LogP contribution in [0.1, 0.15) is 10.4 Å². The maximum atomic E-state index is 12.2. The summed E-state index contributed by atoms with van der Waals surface area (Å²) < 4.78 is 24.3. The summed E-state index contributed by atoms with van der Waals surface area (Å²) in [7, 11) is 0. The Labute approximate surface area is 118 Å². The largest absolute Gasteiger partial charge is 0.507 e. The van der Waals surface area contributed by atoms with Crippen LogP contribution in [0.5, 0.6) is 5.75 Å². The first-order chi connectivity index (χ1) is 9.56. The normalized spacial score (nSPS) is 10.6. The zero-order valence-electron chi connectivity index (χ0n) is 10.2. The SMILES string of the molecule is O=C(Nc1ccc(SC(F)F)cc1)c1ccccc1O. The second-order valence-electron chi connectivity index (χ2n) is 3.87. The average Bonchev–Trinajstić information content (AvgIpc) is 2.41. The number of phenols is 1. The van der Waals surface area contributed by atoms with Crippen molar-refractivity contribution >= 4 is 23.4 Å². The predicted octanol–water partition coefficient (Wildman–Crippen LogP) is 3.96. The minimum atomic E-state index is -2.48. The molecule has 2 rings (SSSR count). The van der Waals surface area contributed by atoms with E-state index in [1.165, 1.54) is 36.4 Å². The number of hydrogen-bond acceptors (Lipinski definition) is 3. The summed E-state index contributed by atoms with van der Waals surface area (Å²) in [5, 5.41) is 12.1. The van der Waals surface area contributed by atoms with E-state index in [4.69, 9.17) is 0 Å². The number of halogens is 2. The van der Waals surface area contributed by atoms with Gasteiger partial charge in [0.1, 0.15) is 5.75 Å². The van der Waals surface area contributed by atoms with E-state index in [0.717, 1.165) is 0 Å². The van der Waals surface area contributed by atoms with Crippen molar-refractivity contribution in [3.63, 3.8) is 0 Å². The lowest BCUT2D eigenvalue weighted by molar-refractivity contribution is 0.102. The van der Waals surface area contributed by atoms with Gasteiger partial charge in [-0.15, -0.1) is 0 Å². The number of carbonyl (C=O) groups excluding carboxylic acids is 1. The van der Waals surface area contributed by atoms with Gasteiger partial charge in [0, 0.05) is 10.6 Å². The van der Waals surface area contributed by atoms with Crippen molar-refractivity contribution in [1.82, 2.24) is 0 Å². The molecule has 0 fully saturated rings. The van der Waals surface area contributed by atoms with E-state index < -0.39 is 11.7 Å². The van der Waals surface area contributed by atoms with Crippen LogP contribution in [0, 0.1) is 0 Å². The molecule has 0 atom stereocenters. The molecule has 0 heterocycles. The van der Waals surface area contributed by atoms with Crippen molar-refractivity contribution in [1.29, 1.82) is 0 Å². The smallest absolute Gasteiger partial charge is 0.288 e. The highest BCUT2D eigenvalue weighted by Gasteiger charge is 2.10. The van der Waals surface area contributed by atoms with Gasteiger partial charge in [-0.25, -0.2) is 0 Å². The third kappa shape index (κ3) is 3.71. The number of aromatic hydroxyl groups is 1. The van der Waals surface area contributed by atoms with Gasteiger partial charge in [0.15, 0.2) is 0 Å². The number of thioether (sulfide) groups is 1. The van der Waals surface area contributed by atoms with Crippen LogP contribution < -0.4 is 5.32 Å². The Morgan fingerprint density at radius 1 is 1.10 bits per heavy atom. The molecule has 104 valence electrons. The molecular weight excluding hydrogens is 284 g/mol. The number of nitrogens with one attached hydrogen (secondary N) is 1. The molecule has 2 aromatic rings. The molecule has 6 heteroatoms. The van der Waals surface area contributed by atoms with Gasteiger partial charge in [0.2, 0.25) is 0 Å². The van der Waals surface area contributed by atoms with Gasteiger partial charge in [-0.1, -0.05) is 23.9 Å². The van der Waals surface area contributed by atoms with Crippen molar-refractivity contribution in [3.05, 3.63) is 54.1 Å². The highest BCUT2D eigenvalue weighted by molar-refractivity contribution is 7.99. The molecule has 0 spiro atoms. The van der Waals surface area contributed by atoms with Gasteiger partial charge in [-0.05, 0) is 36.4 Å². The van der Waals surface area contributed by atoms with Crippen molar-refractivity contribution in [3.8, 4) is 5.75 Å². The lowest BCUT2D eigenvalue weighted by Crippen LogP contribution is -2.11. The number of anilines is 1. The number of benzene rings is 2. The first-order valence-corrected chi connectivity index (χ1v) is 6.58. The van der Waals surface area contributed by atoms with Crippen LogP contribution in [0.3, 0.4) is 0 Å². The number of carbonyl (C=O) groups is 1. The second kappa shape index (κ2) is 6.38. The fourth-order valence-corrected chi connectivity index (χ4v) is 2.08. The number of alkyl halides is 2. The van der Waals surface area contributed by atoms with Crippen LogP contribution in [-0.2, 0) is 0 Å². The first kappa shape index (κ1) is 14.3. The lowest BCUT2D eigenvalue weighted by Gasteiger charge is -2.07. The van der Waals surface area contributed by atoms with Crippen LogP contribution >= 0.6 is 11.8 Å². The fourth-order valence-electron chi connectivity index (χ4n) is 1.58. The monoisotopic (exact) mass is 295 g/mol. The molecule has 2 aromatic carbocycles. The highest BCUT2D eigenvalue weighted by atomic mass is 32.2. The molecule has 0 saturated heterocycles. The Bertz CT molecular complexity index is 602. The molecule has 0 saturated carbocycles. The molecule has 0 radical (unpaired) electrons. The fraction of sp³-hybridized carbons (Fsp3) is 0.0714. The van der Waals surface area contributed by atoms with Crippen LogP contribution in [0.4, 0.5) is 14.5 Å². The third-order valence-electron chi connectivity index (χ3n) is 2.49. The summed E-state index contributed by atoms with van der Waals surface area (Å²) in [6, 6.07) is 12.2. The molecule has 1 amide bonds. The third-order valence-corrected chi connectivity index (χ3v) is 3.21. The van der Waals surface area contributed by atoms with Crippen LogP contribution in [-0.4, -0.2) is 16.8 Å². The Morgan fingerprint density at radius 3 is 2.35 bits per heavy atom. The molecular formula is C14H11F2NO2S.